The Morgan fingerprint density at radius 3 is 2.76 bits per heavy atom. The third-order valence-corrected chi connectivity index (χ3v) is 4.78. The minimum Gasteiger partial charge on any atom is -0.387 e. The van der Waals surface area contributed by atoms with Gasteiger partial charge in [-0.2, -0.15) is 5.26 Å². The fourth-order valence-corrected chi connectivity index (χ4v) is 3.14. The van der Waals surface area contributed by atoms with Crippen LogP contribution in [0.15, 0.2) is 30.3 Å². The predicted octanol–water partition coefficient (Wildman–Crippen LogP) is 1.10. The Labute approximate surface area is 150 Å². The van der Waals surface area contributed by atoms with Gasteiger partial charge < -0.3 is 10.0 Å². The number of nitrogens with zero attached hydrogens (tertiary/aromatic N) is 4. The molecule has 25 heavy (non-hydrogen) atoms. The smallest absolute Gasteiger partial charge is 0.236 e. The molecule has 1 fully saturated rings. The number of piperazine rings is 1. The fourth-order valence-electron chi connectivity index (χ4n) is 3.14. The zero-order chi connectivity index (χ0) is 18.2. The predicted molar refractivity (Wildman–Crippen MR) is 96.7 cm³/mol. The largest absolute Gasteiger partial charge is 0.387 e. The number of aliphatic hydroxyl groups is 1. The highest BCUT2D eigenvalue weighted by Crippen LogP contribution is 2.17. The molecule has 1 aromatic carbocycles. The third-order valence-electron chi connectivity index (χ3n) is 4.78. The van der Waals surface area contributed by atoms with Gasteiger partial charge in [-0.15, -0.1) is 0 Å². The number of amides is 1. The summed E-state index contributed by atoms with van der Waals surface area (Å²) >= 11 is 0. The van der Waals surface area contributed by atoms with Crippen molar-refractivity contribution in [2.24, 2.45) is 0 Å². The summed E-state index contributed by atoms with van der Waals surface area (Å²) in [5.41, 5.74) is 0.937. The van der Waals surface area contributed by atoms with Gasteiger partial charge in [0, 0.05) is 45.8 Å². The van der Waals surface area contributed by atoms with Crippen molar-refractivity contribution in [3.8, 4) is 6.07 Å². The molecule has 1 aliphatic heterocycles. The zero-order valence-corrected chi connectivity index (χ0v) is 15.1. The highest BCUT2D eigenvalue weighted by molar-refractivity contribution is 5.78. The van der Waals surface area contributed by atoms with E-state index in [1.54, 1.807) is 11.9 Å². The lowest BCUT2D eigenvalue weighted by atomic mass is 10.1. The fraction of sp³-hybridized carbons (Fsp3) is 0.579. The number of benzene rings is 1. The van der Waals surface area contributed by atoms with Gasteiger partial charge in [0.15, 0.2) is 0 Å². The maximum Gasteiger partial charge on any atom is 0.236 e. The summed E-state index contributed by atoms with van der Waals surface area (Å²) in [5, 5.41) is 19.0. The average Bonchev–Trinajstić information content (AvgIpc) is 2.62. The molecule has 136 valence electrons. The summed E-state index contributed by atoms with van der Waals surface area (Å²) in [5.74, 6) is 0.0558. The van der Waals surface area contributed by atoms with Crippen LogP contribution in [-0.4, -0.2) is 78.1 Å². The second-order valence-electron chi connectivity index (χ2n) is 6.73. The summed E-state index contributed by atoms with van der Waals surface area (Å²) in [7, 11) is 1.75. The molecule has 1 amide bonds. The Morgan fingerprint density at radius 1 is 1.40 bits per heavy atom. The number of aliphatic hydroxyl groups excluding tert-OH is 1. The van der Waals surface area contributed by atoms with Gasteiger partial charge >= 0.3 is 0 Å². The van der Waals surface area contributed by atoms with Gasteiger partial charge in [-0.1, -0.05) is 30.3 Å². The van der Waals surface area contributed by atoms with Gasteiger partial charge in [-0.05, 0) is 12.5 Å². The summed E-state index contributed by atoms with van der Waals surface area (Å²) in [6.07, 6.45) is -0.127. The molecule has 1 aliphatic rings. The van der Waals surface area contributed by atoms with E-state index in [0.717, 1.165) is 25.2 Å². The molecule has 6 nitrogen and oxygen atoms in total. The molecule has 1 saturated heterocycles. The van der Waals surface area contributed by atoms with E-state index < -0.39 is 6.10 Å². The number of likely N-dealkylation sites (N-methyl/N-ethyl adjacent to an activating group) is 1. The van der Waals surface area contributed by atoms with Gasteiger partial charge in [0.05, 0.1) is 25.1 Å². The maximum atomic E-state index is 12.2. The Balaban J connectivity index is 1.80. The number of rotatable bonds is 7. The molecule has 1 aromatic rings. The van der Waals surface area contributed by atoms with Crippen LogP contribution in [0.4, 0.5) is 0 Å². The van der Waals surface area contributed by atoms with Gasteiger partial charge in [0.2, 0.25) is 5.91 Å². The molecule has 0 radical (unpaired) electrons. The SMILES string of the molecule is C[C@H]1CN(CC(=O)N(C)CCC#N)CCN1C[C@H](O)c1ccccc1. The molecule has 2 rings (SSSR count). The van der Waals surface area contributed by atoms with Crippen LogP contribution in [0.3, 0.4) is 0 Å². The minimum absolute atomic E-state index is 0.0558. The van der Waals surface area contributed by atoms with E-state index in [-0.39, 0.29) is 11.9 Å². The van der Waals surface area contributed by atoms with Gasteiger partial charge in [0.1, 0.15) is 0 Å². The van der Waals surface area contributed by atoms with Crippen molar-refractivity contribution in [3.63, 3.8) is 0 Å². The first-order valence-corrected chi connectivity index (χ1v) is 8.81. The number of β-amino-alcohol motifs (C(OH)–C–C–N with tert-alkyl or cyclic N) is 1. The van der Waals surface area contributed by atoms with Crippen molar-refractivity contribution in [2.75, 3.05) is 46.3 Å². The normalized spacial score (nSPS) is 20.0. The second kappa shape index (κ2) is 9.52. The highest BCUT2D eigenvalue weighted by atomic mass is 16.3. The van der Waals surface area contributed by atoms with Crippen LogP contribution in [0.25, 0.3) is 0 Å². The van der Waals surface area contributed by atoms with E-state index in [2.05, 4.69) is 22.8 Å². The molecule has 0 saturated carbocycles. The number of carbonyl (C=O) groups excluding carboxylic acids is 1. The molecule has 1 N–H and O–H groups in total. The summed E-state index contributed by atoms with van der Waals surface area (Å²) < 4.78 is 0. The first kappa shape index (κ1) is 19.4. The summed E-state index contributed by atoms with van der Waals surface area (Å²) in [4.78, 5) is 18.2. The topological polar surface area (TPSA) is 70.8 Å². The van der Waals surface area contributed by atoms with Crippen LogP contribution in [0.5, 0.6) is 0 Å². The summed E-state index contributed by atoms with van der Waals surface area (Å²) in [6.45, 7) is 6.06. The van der Waals surface area contributed by atoms with E-state index in [1.165, 1.54) is 0 Å². The van der Waals surface area contributed by atoms with E-state index in [4.69, 9.17) is 5.26 Å². The Kier molecular flexibility index (Phi) is 7.38. The van der Waals surface area contributed by atoms with Crippen molar-refractivity contribution in [1.82, 2.24) is 14.7 Å². The van der Waals surface area contributed by atoms with Crippen LogP contribution in [0.2, 0.25) is 0 Å². The van der Waals surface area contributed by atoms with Crippen LogP contribution < -0.4 is 0 Å². The van der Waals surface area contributed by atoms with Crippen molar-refractivity contribution >= 4 is 5.91 Å². The number of hydrogen-bond acceptors (Lipinski definition) is 5. The number of carbonyl (C=O) groups is 1. The molecule has 6 heteroatoms. The quantitative estimate of drug-likeness (QED) is 0.802. The molecular formula is C19H28N4O2. The van der Waals surface area contributed by atoms with E-state index >= 15 is 0 Å². The Morgan fingerprint density at radius 2 is 2.12 bits per heavy atom. The lowest BCUT2D eigenvalue weighted by molar-refractivity contribution is -0.131. The first-order valence-electron chi connectivity index (χ1n) is 8.81. The van der Waals surface area contributed by atoms with Crippen molar-refractivity contribution in [2.45, 2.75) is 25.5 Å². The van der Waals surface area contributed by atoms with E-state index in [0.29, 0.717) is 26.1 Å². The molecule has 0 bridgehead atoms. The number of hydrogen-bond donors (Lipinski definition) is 1. The standard InChI is InChI=1S/C19H28N4O2/c1-16-13-22(15-19(25)21(2)10-6-9-20)11-12-23(16)14-18(24)17-7-4-3-5-8-17/h3-5,7-8,16,18,24H,6,10-15H2,1-2H3/t16-,18-/m0/s1. The lowest BCUT2D eigenvalue weighted by Crippen LogP contribution is -2.54. The second-order valence-corrected chi connectivity index (χ2v) is 6.73. The van der Waals surface area contributed by atoms with Crippen LogP contribution in [0.1, 0.15) is 25.0 Å². The van der Waals surface area contributed by atoms with Gasteiger partial charge in [0.25, 0.3) is 0 Å². The maximum absolute atomic E-state index is 12.2. The molecule has 1 heterocycles. The average molecular weight is 344 g/mol. The summed E-state index contributed by atoms with van der Waals surface area (Å²) in [6, 6.07) is 12.1. The van der Waals surface area contributed by atoms with E-state index in [9.17, 15) is 9.90 Å². The highest BCUT2D eigenvalue weighted by Gasteiger charge is 2.27. The van der Waals surface area contributed by atoms with Crippen LogP contribution in [-0.2, 0) is 4.79 Å². The zero-order valence-electron chi connectivity index (χ0n) is 15.1. The van der Waals surface area contributed by atoms with Crippen molar-refractivity contribution < 1.29 is 9.90 Å². The molecule has 0 unspecified atom stereocenters. The Hall–Kier alpha value is -1.94. The van der Waals surface area contributed by atoms with Crippen LogP contribution in [0, 0.1) is 11.3 Å². The minimum atomic E-state index is -0.492. The van der Waals surface area contributed by atoms with Crippen LogP contribution >= 0.6 is 0 Å². The molecule has 0 aliphatic carbocycles. The Bertz CT molecular complexity index is 587. The first-order chi connectivity index (χ1) is 12.0. The molecular weight excluding hydrogens is 316 g/mol. The molecule has 2 atom stereocenters. The molecule has 0 spiro atoms. The number of nitriles is 1. The van der Waals surface area contributed by atoms with Gasteiger partial charge in [-0.25, -0.2) is 0 Å². The van der Waals surface area contributed by atoms with E-state index in [1.807, 2.05) is 30.3 Å². The third kappa shape index (κ3) is 5.82. The molecule has 0 aromatic heterocycles. The van der Waals surface area contributed by atoms with Crippen molar-refractivity contribution in [3.05, 3.63) is 35.9 Å². The lowest BCUT2D eigenvalue weighted by Gasteiger charge is -2.40. The van der Waals surface area contributed by atoms with Gasteiger partial charge in [-0.3, -0.25) is 14.6 Å². The monoisotopic (exact) mass is 344 g/mol. The van der Waals surface area contributed by atoms with Crippen molar-refractivity contribution in [1.29, 1.82) is 5.26 Å².